The second-order valence-electron chi connectivity index (χ2n) is 6.54. The van der Waals surface area contributed by atoms with E-state index in [0.29, 0.717) is 5.75 Å². The molecule has 25 heavy (non-hydrogen) atoms. The fourth-order valence-electron chi connectivity index (χ4n) is 3.45. The molecule has 3 rings (SSSR count). The third-order valence-corrected chi connectivity index (χ3v) is 4.98. The number of phenols is 1. The number of nitrogens with one attached hydrogen (secondary N) is 1. The fraction of sp³-hybridized carbons (Fsp3) is 0.400. The van der Waals surface area contributed by atoms with Gasteiger partial charge in [0.25, 0.3) is 0 Å². The number of para-hydroxylation sites is 2. The summed E-state index contributed by atoms with van der Waals surface area (Å²) in [6.07, 6.45) is 0. The maximum absolute atomic E-state index is 10.0. The van der Waals surface area contributed by atoms with E-state index in [9.17, 15) is 5.11 Å². The number of rotatable bonds is 5. The average molecular weight is 343 g/mol. The zero-order chi connectivity index (χ0) is 17.8. The third kappa shape index (κ3) is 3.82. The van der Waals surface area contributed by atoms with Crippen LogP contribution in [0.1, 0.15) is 11.1 Å². The van der Waals surface area contributed by atoms with Crippen LogP contribution in [0.4, 0.5) is 5.69 Å². The molecule has 0 radical (unpaired) electrons. The molecule has 0 bridgehead atoms. The van der Waals surface area contributed by atoms with Crippen LogP contribution in [0, 0.1) is 6.92 Å². The molecular formula is C20H27N2O3+. The second-order valence-corrected chi connectivity index (χ2v) is 6.54. The first-order valence-electron chi connectivity index (χ1n) is 8.70. The smallest absolute Gasteiger partial charge is 0.161 e. The van der Waals surface area contributed by atoms with E-state index in [2.05, 4.69) is 17.9 Å². The molecule has 5 nitrogen and oxygen atoms in total. The summed E-state index contributed by atoms with van der Waals surface area (Å²) in [5, 5.41) is 10.0. The van der Waals surface area contributed by atoms with Crippen molar-refractivity contribution in [3.8, 4) is 17.2 Å². The zero-order valence-corrected chi connectivity index (χ0v) is 15.2. The first-order chi connectivity index (χ1) is 12.1. The van der Waals surface area contributed by atoms with Gasteiger partial charge in [-0.2, -0.15) is 0 Å². The van der Waals surface area contributed by atoms with Crippen molar-refractivity contribution in [2.45, 2.75) is 13.5 Å². The number of hydrogen-bond donors (Lipinski definition) is 2. The van der Waals surface area contributed by atoms with Gasteiger partial charge in [-0.25, -0.2) is 0 Å². The van der Waals surface area contributed by atoms with Gasteiger partial charge in [0.2, 0.25) is 0 Å². The molecule has 1 fully saturated rings. The summed E-state index contributed by atoms with van der Waals surface area (Å²) in [6, 6.07) is 11.7. The number of aryl methyl sites for hydroxylation is 1. The van der Waals surface area contributed by atoms with Crippen LogP contribution in [0.25, 0.3) is 0 Å². The van der Waals surface area contributed by atoms with Gasteiger partial charge < -0.3 is 24.4 Å². The highest BCUT2D eigenvalue weighted by Crippen LogP contribution is 2.30. The van der Waals surface area contributed by atoms with E-state index < -0.39 is 0 Å². The molecule has 2 aromatic carbocycles. The molecule has 0 aliphatic carbocycles. The van der Waals surface area contributed by atoms with Gasteiger partial charge in [-0.15, -0.1) is 0 Å². The van der Waals surface area contributed by atoms with Crippen LogP contribution in [0.3, 0.4) is 0 Å². The molecule has 2 aromatic rings. The van der Waals surface area contributed by atoms with Crippen molar-refractivity contribution in [2.75, 3.05) is 45.3 Å². The highest BCUT2D eigenvalue weighted by Gasteiger charge is 2.23. The third-order valence-electron chi connectivity index (χ3n) is 4.98. The molecule has 0 amide bonds. The summed E-state index contributed by atoms with van der Waals surface area (Å²) >= 11 is 0. The van der Waals surface area contributed by atoms with Crippen LogP contribution in [0.2, 0.25) is 0 Å². The molecule has 1 aliphatic heterocycles. The minimum absolute atomic E-state index is 0.363. The van der Waals surface area contributed by atoms with Crippen LogP contribution in [-0.4, -0.2) is 45.5 Å². The molecular weight excluding hydrogens is 316 g/mol. The van der Waals surface area contributed by atoms with Gasteiger partial charge >= 0.3 is 0 Å². The average Bonchev–Trinajstić information content (AvgIpc) is 2.64. The van der Waals surface area contributed by atoms with Crippen LogP contribution >= 0.6 is 0 Å². The van der Waals surface area contributed by atoms with Gasteiger partial charge in [-0.1, -0.05) is 12.1 Å². The maximum Gasteiger partial charge on any atom is 0.161 e. The molecule has 1 saturated heterocycles. The SMILES string of the molecule is COc1cc(C)c(C[NH+]2CCN(c3ccccc3O)CC2)cc1OC. The lowest BCUT2D eigenvalue weighted by molar-refractivity contribution is -0.914. The first-order valence-corrected chi connectivity index (χ1v) is 8.70. The molecule has 2 N–H and O–H groups in total. The molecule has 134 valence electrons. The molecule has 0 spiro atoms. The molecule has 1 heterocycles. The normalized spacial score (nSPS) is 15.2. The number of anilines is 1. The lowest BCUT2D eigenvalue weighted by atomic mass is 10.1. The van der Waals surface area contributed by atoms with Gasteiger partial charge in [0.1, 0.15) is 12.3 Å². The molecule has 5 heteroatoms. The molecule has 1 aliphatic rings. The van der Waals surface area contributed by atoms with E-state index in [-0.39, 0.29) is 0 Å². The van der Waals surface area contributed by atoms with Crippen molar-refractivity contribution < 1.29 is 19.5 Å². The lowest BCUT2D eigenvalue weighted by Crippen LogP contribution is -3.13. The predicted octanol–water partition coefficient (Wildman–Crippen LogP) is 1.62. The van der Waals surface area contributed by atoms with E-state index in [1.54, 1.807) is 25.2 Å². The van der Waals surface area contributed by atoms with Gasteiger partial charge in [0.05, 0.1) is 46.1 Å². The Kier molecular flexibility index (Phi) is 5.34. The summed E-state index contributed by atoms with van der Waals surface area (Å²) in [5.74, 6) is 1.93. The van der Waals surface area contributed by atoms with Crippen LogP contribution in [0.5, 0.6) is 17.2 Å². The standard InChI is InChI=1S/C20H26N2O3/c1-15-12-19(24-2)20(25-3)13-16(15)14-21-8-10-22(11-9-21)17-6-4-5-7-18(17)23/h4-7,12-13,23H,8-11,14H2,1-3H3/p+1. The van der Waals surface area contributed by atoms with E-state index in [0.717, 1.165) is 49.9 Å². The molecule has 0 atom stereocenters. The number of aromatic hydroxyl groups is 1. The summed E-state index contributed by atoms with van der Waals surface area (Å²) in [5.41, 5.74) is 3.46. The summed E-state index contributed by atoms with van der Waals surface area (Å²) < 4.78 is 10.8. The van der Waals surface area contributed by atoms with E-state index in [4.69, 9.17) is 9.47 Å². The van der Waals surface area contributed by atoms with Crippen LogP contribution < -0.4 is 19.3 Å². The Hall–Kier alpha value is -2.40. The topological polar surface area (TPSA) is 46.4 Å². The van der Waals surface area contributed by atoms with Crippen molar-refractivity contribution in [3.05, 3.63) is 47.5 Å². The van der Waals surface area contributed by atoms with Crippen LogP contribution in [0.15, 0.2) is 36.4 Å². The van der Waals surface area contributed by atoms with E-state index in [1.165, 1.54) is 11.1 Å². The Bertz CT molecular complexity index is 725. The van der Waals surface area contributed by atoms with Gasteiger partial charge in [-0.3, -0.25) is 0 Å². The highest BCUT2D eigenvalue weighted by atomic mass is 16.5. The Morgan fingerprint density at radius 1 is 1.04 bits per heavy atom. The van der Waals surface area contributed by atoms with Crippen molar-refractivity contribution in [1.29, 1.82) is 0 Å². The van der Waals surface area contributed by atoms with Crippen molar-refractivity contribution >= 4 is 5.69 Å². The number of phenolic OH excluding ortho intramolecular Hbond substituents is 1. The molecule has 0 unspecified atom stereocenters. The molecule has 0 aromatic heterocycles. The minimum Gasteiger partial charge on any atom is -0.506 e. The second kappa shape index (κ2) is 7.66. The Balaban J connectivity index is 1.65. The Morgan fingerprint density at radius 3 is 2.32 bits per heavy atom. The number of methoxy groups -OCH3 is 2. The predicted molar refractivity (Wildman–Crippen MR) is 99.0 cm³/mol. The number of benzene rings is 2. The van der Waals surface area contributed by atoms with Gasteiger partial charge in [-0.05, 0) is 36.8 Å². The van der Waals surface area contributed by atoms with Gasteiger partial charge in [0.15, 0.2) is 11.5 Å². The highest BCUT2D eigenvalue weighted by molar-refractivity contribution is 5.57. The molecule has 0 saturated carbocycles. The summed E-state index contributed by atoms with van der Waals surface area (Å²) in [7, 11) is 3.34. The van der Waals surface area contributed by atoms with Crippen molar-refractivity contribution in [1.82, 2.24) is 0 Å². The lowest BCUT2D eigenvalue weighted by Gasteiger charge is -2.34. The Labute approximate surface area is 149 Å². The number of hydrogen-bond acceptors (Lipinski definition) is 4. The Morgan fingerprint density at radius 2 is 1.68 bits per heavy atom. The summed E-state index contributed by atoms with van der Waals surface area (Å²) in [6.45, 7) is 7.07. The monoisotopic (exact) mass is 343 g/mol. The minimum atomic E-state index is 0.363. The summed E-state index contributed by atoms with van der Waals surface area (Å²) in [4.78, 5) is 3.81. The number of nitrogens with zero attached hydrogens (tertiary/aromatic N) is 1. The maximum atomic E-state index is 10.0. The largest absolute Gasteiger partial charge is 0.506 e. The first kappa shape index (κ1) is 17.4. The fourth-order valence-corrected chi connectivity index (χ4v) is 3.45. The van der Waals surface area contributed by atoms with E-state index >= 15 is 0 Å². The van der Waals surface area contributed by atoms with Crippen LogP contribution in [-0.2, 0) is 6.54 Å². The number of piperazine rings is 1. The zero-order valence-electron chi connectivity index (χ0n) is 15.2. The van der Waals surface area contributed by atoms with Gasteiger partial charge in [0, 0.05) is 5.56 Å². The van der Waals surface area contributed by atoms with E-state index in [1.807, 2.05) is 24.3 Å². The number of quaternary nitrogens is 1. The van der Waals surface area contributed by atoms with Crippen molar-refractivity contribution in [3.63, 3.8) is 0 Å². The number of ether oxygens (including phenoxy) is 2. The van der Waals surface area contributed by atoms with Crippen molar-refractivity contribution in [2.24, 2.45) is 0 Å². The quantitative estimate of drug-likeness (QED) is 0.866.